The van der Waals surface area contributed by atoms with Crippen LogP contribution in [0.15, 0.2) is 12.4 Å². The molecule has 0 bridgehead atoms. The van der Waals surface area contributed by atoms with Crippen molar-refractivity contribution in [2.75, 3.05) is 11.9 Å². The van der Waals surface area contributed by atoms with Crippen molar-refractivity contribution in [3.05, 3.63) is 40.9 Å². The zero-order valence-corrected chi connectivity index (χ0v) is 14.8. The lowest BCUT2D eigenvalue weighted by Crippen LogP contribution is -2.15. The van der Waals surface area contributed by atoms with Crippen molar-refractivity contribution in [3.8, 4) is 0 Å². The first kappa shape index (κ1) is 15.9. The number of hydrogen-bond donors (Lipinski definition) is 1. The van der Waals surface area contributed by atoms with Gasteiger partial charge in [0.05, 0.1) is 11.4 Å². The van der Waals surface area contributed by atoms with Crippen molar-refractivity contribution in [2.45, 2.75) is 52.4 Å². The summed E-state index contributed by atoms with van der Waals surface area (Å²) in [5, 5.41) is 16.0. The van der Waals surface area contributed by atoms with Gasteiger partial charge in [-0.3, -0.25) is 0 Å². The highest BCUT2D eigenvalue weighted by Crippen LogP contribution is 2.22. The normalized spacial score (nSPS) is 13.8. The molecule has 7 nitrogen and oxygen atoms in total. The molecule has 0 unspecified atom stereocenters. The van der Waals surface area contributed by atoms with Gasteiger partial charge >= 0.3 is 0 Å². The molecule has 3 aromatic rings. The second-order valence-corrected chi connectivity index (χ2v) is 6.54. The molecule has 0 spiro atoms. The van der Waals surface area contributed by atoms with Crippen LogP contribution in [-0.4, -0.2) is 36.3 Å². The Kier molecular flexibility index (Phi) is 4.29. The first-order valence-corrected chi connectivity index (χ1v) is 9.03. The first-order chi connectivity index (χ1) is 12.2. The topological polar surface area (TPSA) is 80.9 Å². The van der Waals surface area contributed by atoms with Gasteiger partial charge in [0.15, 0.2) is 0 Å². The molecule has 25 heavy (non-hydrogen) atoms. The zero-order chi connectivity index (χ0) is 17.2. The molecule has 3 heterocycles. The standard InChI is InChI=1S/C18H23N7/c1-3-13-10-16(18-23-20-11-25(18)24-13)19-9-8-17-21-12(2)14-6-4-5-7-15(14)22-17/h10-11,19H,3-9H2,1-2H3. The van der Waals surface area contributed by atoms with E-state index in [0.29, 0.717) is 0 Å². The van der Waals surface area contributed by atoms with Crippen molar-refractivity contribution < 1.29 is 0 Å². The van der Waals surface area contributed by atoms with Crippen LogP contribution in [-0.2, 0) is 25.7 Å². The smallest absolute Gasteiger partial charge is 0.200 e. The SMILES string of the molecule is CCc1cc(NCCc2nc(C)c3c(n2)CCCC3)c2nncn2n1. The van der Waals surface area contributed by atoms with E-state index in [9.17, 15) is 0 Å². The van der Waals surface area contributed by atoms with Gasteiger partial charge in [0.1, 0.15) is 12.2 Å². The molecule has 0 saturated heterocycles. The highest BCUT2D eigenvalue weighted by atomic mass is 15.3. The highest BCUT2D eigenvalue weighted by Gasteiger charge is 2.15. The Bertz CT molecular complexity index is 900. The van der Waals surface area contributed by atoms with Gasteiger partial charge in [-0.25, -0.2) is 9.97 Å². The Balaban J connectivity index is 1.49. The number of hydrogen-bond acceptors (Lipinski definition) is 6. The molecule has 1 N–H and O–H groups in total. The summed E-state index contributed by atoms with van der Waals surface area (Å²) in [6.45, 7) is 4.96. The van der Waals surface area contributed by atoms with Crippen molar-refractivity contribution in [3.63, 3.8) is 0 Å². The van der Waals surface area contributed by atoms with E-state index in [1.165, 1.54) is 24.1 Å². The van der Waals surface area contributed by atoms with E-state index in [0.717, 1.165) is 60.8 Å². The quantitative estimate of drug-likeness (QED) is 0.769. The van der Waals surface area contributed by atoms with Crippen LogP contribution in [0.1, 0.15) is 48.2 Å². The number of nitrogens with one attached hydrogen (secondary N) is 1. The Morgan fingerprint density at radius 2 is 2.08 bits per heavy atom. The van der Waals surface area contributed by atoms with Crippen molar-refractivity contribution >= 4 is 11.3 Å². The summed E-state index contributed by atoms with van der Waals surface area (Å²) in [6, 6.07) is 2.04. The predicted octanol–water partition coefficient (Wildman–Crippen LogP) is 2.32. The fourth-order valence-corrected chi connectivity index (χ4v) is 3.45. The van der Waals surface area contributed by atoms with E-state index < -0.39 is 0 Å². The minimum atomic E-state index is 0.750. The second kappa shape index (κ2) is 6.74. The fourth-order valence-electron chi connectivity index (χ4n) is 3.45. The molecule has 3 aromatic heterocycles. The zero-order valence-electron chi connectivity index (χ0n) is 14.8. The first-order valence-electron chi connectivity index (χ1n) is 9.03. The maximum absolute atomic E-state index is 4.79. The Labute approximate surface area is 146 Å². The molecule has 0 radical (unpaired) electrons. The molecule has 0 aliphatic heterocycles. The number of aryl methyl sites for hydroxylation is 3. The van der Waals surface area contributed by atoms with Crippen LogP contribution < -0.4 is 5.32 Å². The molecule has 0 aromatic carbocycles. The van der Waals surface area contributed by atoms with E-state index in [1.807, 2.05) is 6.07 Å². The van der Waals surface area contributed by atoms with Gasteiger partial charge in [-0.1, -0.05) is 6.92 Å². The summed E-state index contributed by atoms with van der Waals surface area (Å²) < 4.78 is 1.72. The lowest BCUT2D eigenvalue weighted by atomic mass is 9.95. The number of fused-ring (bicyclic) bond motifs is 2. The van der Waals surface area contributed by atoms with E-state index in [-0.39, 0.29) is 0 Å². The minimum Gasteiger partial charge on any atom is -0.381 e. The van der Waals surface area contributed by atoms with Crippen LogP contribution in [0.3, 0.4) is 0 Å². The predicted molar refractivity (Wildman–Crippen MR) is 95.8 cm³/mol. The number of nitrogens with zero attached hydrogens (tertiary/aromatic N) is 6. The van der Waals surface area contributed by atoms with Crippen molar-refractivity contribution in [1.82, 2.24) is 29.8 Å². The molecule has 130 valence electrons. The van der Waals surface area contributed by atoms with E-state index in [4.69, 9.17) is 9.97 Å². The maximum Gasteiger partial charge on any atom is 0.200 e. The van der Waals surface area contributed by atoms with Gasteiger partial charge in [-0.05, 0) is 50.7 Å². The van der Waals surface area contributed by atoms with Gasteiger partial charge in [0.2, 0.25) is 5.65 Å². The molecule has 7 heteroatoms. The van der Waals surface area contributed by atoms with Crippen LogP contribution in [0.2, 0.25) is 0 Å². The summed E-state index contributed by atoms with van der Waals surface area (Å²) in [7, 11) is 0. The average molecular weight is 337 g/mol. The molecule has 1 aliphatic carbocycles. The van der Waals surface area contributed by atoms with Crippen LogP contribution in [0.4, 0.5) is 5.69 Å². The van der Waals surface area contributed by atoms with E-state index >= 15 is 0 Å². The molecular formula is C18H23N7. The van der Waals surface area contributed by atoms with Crippen LogP contribution >= 0.6 is 0 Å². The average Bonchev–Trinajstić information content (AvgIpc) is 3.10. The molecular weight excluding hydrogens is 314 g/mol. The molecule has 0 atom stereocenters. The molecule has 1 aliphatic rings. The Morgan fingerprint density at radius 3 is 2.96 bits per heavy atom. The van der Waals surface area contributed by atoms with Gasteiger partial charge in [0, 0.05) is 24.4 Å². The maximum atomic E-state index is 4.79. The third-order valence-corrected chi connectivity index (χ3v) is 4.78. The van der Waals surface area contributed by atoms with Crippen molar-refractivity contribution in [2.24, 2.45) is 0 Å². The molecule has 0 amide bonds. The third kappa shape index (κ3) is 3.18. The summed E-state index contributed by atoms with van der Waals surface area (Å²) in [5.41, 5.74) is 6.49. The number of anilines is 1. The van der Waals surface area contributed by atoms with Gasteiger partial charge in [-0.2, -0.15) is 9.61 Å². The minimum absolute atomic E-state index is 0.750. The molecule has 4 rings (SSSR count). The molecule has 0 fully saturated rings. The summed E-state index contributed by atoms with van der Waals surface area (Å²) in [5.74, 6) is 0.924. The van der Waals surface area contributed by atoms with E-state index in [2.05, 4.69) is 34.5 Å². The van der Waals surface area contributed by atoms with Crippen LogP contribution in [0.25, 0.3) is 5.65 Å². The number of rotatable bonds is 5. The lowest BCUT2D eigenvalue weighted by Gasteiger charge is -2.17. The Hall–Kier alpha value is -2.57. The number of aromatic nitrogens is 6. The summed E-state index contributed by atoms with van der Waals surface area (Å²) in [6.07, 6.45) is 8.01. The molecule has 0 saturated carbocycles. The van der Waals surface area contributed by atoms with E-state index in [1.54, 1.807) is 10.8 Å². The van der Waals surface area contributed by atoms with Gasteiger partial charge < -0.3 is 5.32 Å². The van der Waals surface area contributed by atoms with Gasteiger partial charge in [0.25, 0.3) is 0 Å². The lowest BCUT2D eigenvalue weighted by molar-refractivity contribution is 0.647. The third-order valence-electron chi connectivity index (χ3n) is 4.78. The Morgan fingerprint density at radius 1 is 1.20 bits per heavy atom. The summed E-state index contributed by atoms with van der Waals surface area (Å²) >= 11 is 0. The van der Waals surface area contributed by atoms with Crippen LogP contribution in [0.5, 0.6) is 0 Å². The largest absolute Gasteiger partial charge is 0.381 e. The summed E-state index contributed by atoms with van der Waals surface area (Å²) in [4.78, 5) is 9.50. The van der Waals surface area contributed by atoms with Crippen molar-refractivity contribution in [1.29, 1.82) is 0 Å². The second-order valence-electron chi connectivity index (χ2n) is 6.54. The van der Waals surface area contributed by atoms with Gasteiger partial charge in [-0.15, -0.1) is 10.2 Å². The fraction of sp³-hybridized carbons (Fsp3) is 0.500. The van der Waals surface area contributed by atoms with Crippen LogP contribution in [0, 0.1) is 6.92 Å². The monoisotopic (exact) mass is 337 g/mol. The highest BCUT2D eigenvalue weighted by molar-refractivity contribution is 5.66.